The van der Waals surface area contributed by atoms with Crippen LogP contribution < -0.4 is 4.74 Å². The molecular weight excluding hydrogens is 310 g/mol. The average Bonchev–Trinajstić information content (AvgIpc) is 2.53. The van der Waals surface area contributed by atoms with Crippen LogP contribution in [0.4, 0.5) is 0 Å². The minimum absolute atomic E-state index is 0.00198. The predicted molar refractivity (Wildman–Crippen MR) is 86.3 cm³/mol. The monoisotopic (exact) mass is 333 g/mol. The van der Waals surface area contributed by atoms with E-state index in [-0.39, 0.29) is 30.4 Å². The summed E-state index contributed by atoms with van der Waals surface area (Å²) in [7, 11) is 3.42. The molecule has 0 aromatic heterocycles. The number of aromatic hydroxyl groups is 1. The zero-order valence-corrected chi connectivity index (χ0v) is 14.0. The fourth-order valence-corrected chi connectivity index (χ4v) is 5.38. The quantitative estimate of drug-likeness (QED) is 0.687. The number of fused-ring (bicyclic) bond motifs is 1. The summed E-state index contributed by atoms with van der Waals surface area (Å²) in [5, 5.41) is 32.7. The van der Waals surface area contributed by atoms with Crippen LogP contribution in [-0.2, 0) is 16.6 Å². The molecule has 2 aliphatic carbocycles. The third-order valence-corrected chi connectivity index (χ3v) is 6.45. The Labute approximate surface area is 140 Å². The number of piperidine rings is 1. The van der Waals surface area contributed by atoms with Gasteiger partial charge in [0.1, 0.15) is 11.4 Å². The molecule has 2 fully saturated rings. The molecule has 130 valence electrons. The van der Waals surface area contributed by atoms with Gasteiger partial charge in [-0.1, -0.05) is 6.07 Å². The highest BCUT2D eigenvalue weighted by Gasteiger charge is 2.68. The second-order valence-electron chi connectivity index (χ2n) is 7.45. The Morgan fingerprint density at radius 1 is 1.33 bits per heavy atom. The van der Waals surface area contributed by atoms with E-state index in [2.05, 4.69) is 4.90 Å². The van der Waals surface area contributed by atoms with E-state index in [0.717, 1.165) is 5.56 Å². The molecule has 3 aliphatic rings. The number of likely N-dealkylation sites (tertiary alicyclic amines) is 1. The Bertz CT molecular complexity index is 720. The number of hydrogen-bond donors (Lipinski definition) is 3. The van der Waals surface area contributed by atoms with Crippen molar-refractivity contribution in [2.45, 2.75) is 48.8 Å². The molecule has 4 rings (SSSR count). The van der Waals surface area contributed by atoms with Crippen LogP contribution >= 0.6 is 0 Å². The zero-order chi connectivity index (χ0) is 17.3. The SMILES string of the molecule is COc1c(O)ccc2c1[C@@]13CCN(C)[C@H](C2)[C@@]1(O)C(O)CC(=O)C3. The Morgan fingerprint density at radius 3 is 2.79 bits per heavy atom. The van der Waals surface area contributed by atoms with Crippen LogP contribution in [0, 0.1) is 0 Å². The third-order valence-electron chi connectivity index (χ3n) is 6.45. The number of ketones is 1. The first-order valence-electron chi connectivity index (χ1n) is 8.37. The number of aliphatic hydroxyl groups excluding tert-OH is 1. The van der Waals surface area contributed by atoms with E-state index in [0.29, 0.717) is 30.7 Å². The maximum absolute atomic E-state index is 12.4. The number of Topliss-reactive ketones (excluding diaryl/α,β-unsaturated/α-hetero) is 1. The van der Waals surface area contributed by atoms with Gasteiger partial charge in [0.25, 0.3) is 0 Å². The molecule has 1 unspecified atom stereocenters. The van der Waals surface area contributed by atoms with Crippen LogP contribution in [0.1, 0.15) is 30.4 Å². The van der Waals surface area contributed by atoms with Crippen molar-refractivity contribution < 1.29 is 24.9 Å². The van der Waals surface area contributed by atoms with Crippen molar-refractivity contribution in [3.05, 3.63) is 23.3 Å². The van der Waals surface area contributed by atoms with Gasteiger partial charge in [-0.2, -0.15) is 0 Å². The number of phenols is 1. The molecule has 1 aromatic carbocycles. The van der Waals surface area contributed by atoms with Crippen LogP contribution in [0.25, 0.3) is 0 Å². The smallest absolute Gasteiger partial charge is 0.164 e. The van der Waals surface area contributed by atoms with Crippen molar-refractivity contribution in [3.8, 4) is 11.5 Å². The first-order valence-corrected chi connectivity index (χ1v) is 8.37. The summed E-state index contributed by atoms with van der Waals surface area (Å²) >= 11 is 0. The summed E-state index contributed by atoms with van der Waals surface area (Å²) < 4.78 is 5.45. The Balaban J connectivity index is 2.05. The van der Waals surface area contributed by atoms with E-state index >= 15 is 0 Å². The van der Waals surface area contributed by atoms with E-state index < -0.39 is 17.1 Å². The first-order chi connectivity index (χ1) is 11.3. The molecule has 0 radical (unpaired) electrons. The number of phenolic OH excluding ortho intramolecular Hbond substituents is 1. The molecule has 1 aliphatic heterocycles. The van der Waals surface area contributed by atoms with Crippen molar-refractivity contribution in [3.63, 3.8) is 0 Å². The van der Waals surface area contributed by atoms with Crippen LogP contribution in [0.5, 0.6) is 11.5 Å². The summed E-state index contributed by atoms with van der Waals surface area (Å²) in [6.07, 6.45) is 0.0983. The number of methoxy groups -OCH3 is 1. The summed E-state index contributed by atoms with van der Waals surface area (Å²) in [6, 6.07) is 3.16. The van der Waals surface area contributed by atoms with Gasteiger partial charge in [0.15, 0.2) is 11.5 Å². The fraction of sp³-hybridized carbons (Fsp3) is 0.611. The first kappa shape index (κ1) is 15.9. The van der Waals surface area contributed by atoms with Gasteiger partial charge in [0, 0.05) is 29.9 Å². The average molecular weight is 333 g/mol. The molecule has 0 amide bonds. The predicted octanol–water partition coefficient (Wildman–Crippen LogP) is 0.354. The van der Waals surface area contributed by atoms with Crippen molar-refractivity contribution in [2.24, 2.45) is 0 Å². The number of carbonyl (C=O) groups excluding carboxylic acids is 1. The van der Waals surface area contributed by atoms with E-state index in [1.54, 1.807) is 6.07 Å². The van der Waals surface area contributed by atoms with Crippen molar-refractivity contribution in [2.75, 3.05) is 20.7 Å². The second kappa shape index (κ2) is 4.94. The van der Waals surface area contributed by atoms with Gasteiger partial charge >= 0.3 is 0 Å². The minimum Gasteiger partial charge on any atom is -0.504 e. The fourth-order valence-electron chi connectivity index (χ4n) is 5.38. The summed E-state index contributed by atoms with van der Waals surface area (Å²) in [5.41, 5.74) is -0.685. The van der Waals surface area contributed by atoms with Crippen LogP contribution in [0.2, 0.25) is 0 Å². The van der Waals surface area contributed by atoms with Crippen molar-refractivity contribution >= 4 is 5.78 Å². The number of ether oxygens (including phenoxy) is 1. The molecular formula is C18H23NO5. The van der Waals surface area contributed by atoms with Gasteiger partial charge in [-0.25, -0.2) is 0 Å². The number of aliphatic hydroxyl groups is 2. The van der Waals surface area contributed by atoms with Gasteiger partial charge in [-0.3, -0.25) is 4.79 Å². The summed E-state index contributed by atoms with van der Waals surface area (Å²) in [6.45, 7) is 0.714. The van der Waals surface area contributed by atoms with Gasteiger partial charge in [-0.15, -0.1) is 0 Å². The highest BCUT2D eigenvalue weighted by molar-refractivity contribution is 5.84. The molecule has 0 spiro atoms. The molecule has 24 heavy (non-hydrogen) atoms. The molecule has 6 nitrogen and oxygen atoms in total. The van der Waals surface area contributed by atoms with Crippen LogP contribution in [0.15, 0.2) is 12.1 Å². The Hall–Kier alpha value is -1.63. The van der Waals surface area contributed by atoms with Crippen LogP contribution in [0.3, 0.4) is 0 Å². The summed E-state index contributed by atoms with van der Waals surface area (Å²) in [4.78, 5) is 14.4. The zero-order valence-electron chi connectivity index (χ0n) is 14.0. The lowest BCUT2D eigenvalue weighted by molar-refractivity contribution is -0.213. The van der Waals surface area contributed by atoms with Gasteiger partial charge in [0.2, 0.25) is 0 Å². The number of nitrogens with zero attached hydrogens (tertiary/aromatic N) is 1. The molecule has 4 atom stereocenters. The Morgan fingerprint density at radius 2 is 2.08 bits per heavy atom. The molecule has 1 aromatic rings. The van der Waals surface area contributed by atoms with E-state index in [1.807, 2.05) is 13.1 Å². The minimum atomic E-state index is -1.43. The molecule has 1 heterocycles. The highest BCUT2D eigenvalue weighted by Crippen LogP contribution is 2.60. The third kappa shape index (κ3) is 1.68. The van der Waals surface area contributed by atoms with Crippen LogP contribution in [-0.4, -0.2) is 64.5 Å². The van der Waals surface area contributed by atoms with Gasteiger partial charge in [0.05, 0.1) is 13.2 Å². The maximum atomic E-state index is 12.4. The topological polar surface area (TPSA) is 90.2 Å². The molecule has 1 saturated heterocycles. The maximum Gasteiger partial charge on any atom is 0.164 e. The molecule has 6 heteroatoms. The number of hydrogen-bond acceptors (Lipinski definition) is 6. The molecule has 2 bridgehead atoms. The van der Waals surface area contributed by atoms with E-state index in [9.17, 15) is 20.1 Å². The van der Waals surface area contributed by atoms with Gasteiger partial charge in [-0.05, 0) is 38.1 Å². The lowest BCUT2D eigenvalue weighted by Gasteiger charge is -2.64. The number of benzene rings is 1. The number of rotatable bonds is 1. The Kier molecular flexibility index (Phi) is 3.27. The molecule has 3 N–H and O–H groups in total. The van der Waals surface area contributed by atoms with Crippen molar-refractivity contribution in [1.29, 1.82) is 0 Å². The normalized spacial score (nSPS) is 38.4. The van der Waals surface area contributed by atoms with Gasteiger partial charge < -0.3 is 25.0 Å². The number of carbonyl (C=O) groups is 1. The second-order valence-corrected chi connectivity index (χ2v) is 7.45. The standard InChI is InChI=1S/C18H23NO5/c1-19-6-5-17-9-11(20)8-14(22)18(17,23)13(19)7-10-3-4-12(21)16(24-2)15(10)17/h3-4,13-14,21-23H,5-9H2,1-2H3/t13-,14?,17+,18-/m1/s1. The number of likely N-dealkylation sites (N-methyl/N-ethyl adjacent to an activating group) is 1. The lowest BCUT2D eigenvalue weighted by atomic mass is 9.48. The van der Waals surface area contributed by atoms with Crippen molar-refractivity contribution in [1.82, 2.24) is 4.90 Å². The van der Waals surface area contributed by atoms with E-state index in [1.165, 1.54) is 7.11 Å². The molecule has 1 saturated carbocycles. The highest BCUT2D eigenvalue weighted by atomic mass is 16.5. The summed E-state index contributed by atoms with van der Waals surface area (Å²) in [5.74, 6) is 0.252. The van der Waals surface area contributed by atoms with E-state index in [4.69, 9.17) is 4.74 Å². The largest absolute Gasteiger partial charge is 0.504 e. The lowest BCUT2D eigenvalue weighted by Crippen LogP contribution is -2.77.